The molecule has 7 nitrogen and oxygen atoms in total. The van der Waals surface area contributed by atoms with Gasteiger partial charge in [0.05, 0.1) is 31.4 Å². The Morgan fingerprint density at radius 1 is 1.19 bits per heavy atom. The molecule has 2 heterocycles. The van der Waals surface area contributed by atoms with Crippen LogP contribution in [0.3, 0.4) is 0 Å². The van der Waals surface area contributed by atoms with Crippen LogP contribution in [0.1, 0.15) is 5.56 Å². The smallest absolute Gasteiger partial charge is 0.406 e. The van der Waals surface area contributed by atoms with E-state index in [-0.39, 0.29) is 17.9 Å². The lowest BCUT2D eigenvalue weighted by Gasteiger charge is -2.39. The zero-order chi connectivity index (χ0) is 19.4. The molecule has 10 heteroatoms. The molecule has 0 aliphatic carbocycles. The van der Waals surface area contributed by atoms with Crippen molar-refractivity contribution >= 4 is 0 Å². The summed E-state index contributed by atoms with van der Waals surface area (Å²) in [6, 6.07) is 4.79. The van der Waals surface area contributed by atoms with Gasteiger partial charge in [0, 0.05) is 20.2 Å². The summed E-state index contributed by atoms with van der Waals surface area (Å²) >= 11 is 0. The zero-order valence-electron chi connectivity index (χ0n) is 14.7. The number of aliphatic hydroxyl groups excluding tert-OH is 1. The fourth-order valence-electron chi connectivity index (χ4n) is 3.26. The van der Waals surface area contributed by atoms with Gasteiger partial charge in [0.15, 0.2) is 6.29 Å². The lowest BCUT2D eigenvalue weighted by atomic mass is 9.95. The summed E-state index contributed by atoms with van der Waals surface area (Å²) in [5.74, 6) is -0.276. The first kappa shape index (κ1) is 20.3. The summed E-state index contributed by atoms with van der Waals surface area (Å²) < 4.78 is 56.9. The van der Waals surface area contributed by atoms with Crippen LogP contribution in [-0.2, 0) is 20.8 Å². The molecule has 3 N–H and O–H groups in total. The molecule has 152 valence electrons. The SMILES string of the molecule is COCCN[C@@H]1[C@@H]2OC[C@H](O2)[C@@H](NCc2ccc(OC(F)(F)F)cc2)[C@@H]1O. The third-order valence-electron chi connectivity index (χ3n) is 4.55. The number of hydrogen-bond donors (Lipinski definition) is 3. The fourth-order valence-corrected chi connectivity index (χ4v) is 3.26. The highest BCUT2D eigenvalue weighted by molar-refractivity contribution is 5.27. The molecular weight excluding hydrogens is 369 g/mol. The van der Waals surface area contributed by atoms with E-state index in [0.29, 0.717) is 26.3 Å². The van der Waals surface area contributed by atoms with Gasteiger partial charge in [-0.2, -0.15) is 0 Å². The molecule has 2 aliphatic heterocycles. The number of methoxy groups -OCH3 is 1. The molecule has 1 aromatic carbocycles. The normalized spacial score (nSPS) is 30.5. The van der Waals surface area contributed by atoms with Gasteiger partial charge in [-0.15, -0.1) is 13.2 Å². The number of aliphatic hydroxyl groups is 1. The molecule has 5 atom stereocenters. The zero-order valence-corrected chi connectivity index (χ0v) is 14.7. The van der Waals surface area contributed by atoms with E-state index in [9.17, 15) is 18.3 Å². The van der Waals surface area contributed by atoms with E-state index in [1.165, 1.54) is 24.3 Å². The minimum absolute atomic E-state index is 0.276. The second-order valence-corrected chi connectivity index (χ2v) is 6.44. The molecule has 0 spiro atoms. The molecule has 0 unspecified atom stereocenters. The van der Waals surface area contributed by atoms with Crippen LogP contribution in [0.5, 0.6) is 5.75 Å². The average molecular weight is 392 g/mol. The highest BCUT2D eigenvalue weighted by atomic mass is 19.4. The Morgan fingerprint density at radius 3 is 2.59 bits per heavy atom. The van der Waals surface area contributed by atoms with Gasteiger partial charge in [0.2, 0.25) is 0 Å². The van der Waals surface area contributed by atoms with Crippen LogP contribution in [0.2, 0.25) is 0 Å². The van der Waals surface area contributed by atoms with E-state index in [1.54, 1.807) is 7.11 Å². The van der Waals surface area contributed by atoms with Crippen molar-refractivity contribution in [3.05, 3.63) is 29.8 Å². The number of halogens is 3. The molecule has 2 bridgehead atoms. The van der Waals surface area contributed by atoms with E-state index < -0.39 is 24.8 Å². The third-order valence-corrected chi connectivity index (χ3v) is 4.55. The number of ether oxygens (including phenoxy) is 4. The van der Waals surface area contributed by atoms with Crippen LogP contribution >= 0.6 is 0 Å². The Labute approximate surface area is 154 Å². The minimum atomic E-state index is -4.72. The second kappa shape index (κ2) is 8.72. The highest BCUT2D eigenvalue weighted by Gasteiger charge is 2.49. The van der Waals surface area contributed by atoms with Crippen LogP contribution < -0.4 is 15.4 Å². The monoisotopic (exact) mass is 392 g/mol. The van der Waals surface area contributed by atoms with Crippen LogP contribution in [0, 0.1) is 0 Å². The van der Waals surface area contributed by atoms with Crippen molar-refractivity contribution in [1.29, 1.82) is 0 Å². The number of alkyl halides is 3. The number of rotatable bonds is 8. The first-order valence-corrected chi connectivity index (χ1v) is 8.63. The summed E-state index contributed by atoms with van der Waals surface area (Å²) in [5.41, 5.74) is 0.752. The number of hydrogen-bond acceptors (Lipinski definition) is 7. The predicted octanol–water partition coefficient (Wildman–Crippen LogP) is 0.764. The predicted molar refractivity (Wildman–Crippen MR) is 88.0 cm³/mol. The number of benzene rings is 1. The fraction of sp³-hybridized carbons (Fsp3) is 0.647. The molecule has 2 saturated heterocycles. The third kappa shape index (κ3) is 5.31. The summed E-state index contributed by atoms with van der Waals surface area (Å²) in [7, 11) is 1.59. The van der Waals surface area contributed by atoms with Gasteiger partial charge in [0.1, 0.15) is 11.9 Å². The Morgan fingerprint density at radius 2 is 1.93 bits per heavy atom. The minimum Gasteiger partial charge on any atom is -0.406 e. The average Bonchev–Trinajstić information content (AvgIpc) is 3.04. The highest BCUT2D eigenvalue weighted by Crippen LogP contribution is 2.28. The molecule has 3 rings (SSSR count). The van der Waals surface area contributed by atoms with Gasteiger partial charge in [0.25, 0.3) is 0 Å². The molecule has 2 fully saturated rings. The van der Waals surface area contributed by atoms with Crippen molar-refractivity contribution in [2.24, 2.45) is 0 Å². The Bertz CT molecular complexity index is 601. The van der Waals surface area contributed by atoms with Crippen LogP contribution in [0.15, 0.2) is 24.3 Å². The van der Waals surface area contributed by atoms with E-state index >= 15 is 0 Å². The van der Waals surface area contributed by atoms with Crippen molar-refractivity contribution in [3.63, 3.8) is 0 Å². The molecule has 2 aliphatic rings. The largest absolute Gasteiger partial charge is 0.573 e. The lowest BCUT2D eigenvalue weighted by molar-refractivity contribution is -0.274. The van der Waals surface area contributed by atoms with E-state index in [0.717, 1.165) is 5.56 Å². The maximum Gasteiger partial charge on any atom is 0.573 e. The van der Waals surface area contributed by atoms with Crippen molar-refractivity contribution in [3.8, 4) is 5.75 Å². The number of nitrogens with one attached hydrogen (secondary N) is 2. The van der Waals surface area contributed by atoms with Crippen LogP contribution in [0.25, 0.3) is 0 Å². The Kier molecular flexibility index (Phi) is 6.56. The first-order chi connectivity index (χ1) is 12.9. The van der Waals surface area contributed by atoms with Gasteiger partial charge >= 0.3 is 6.36 Å². The van der Waals surface area contributed by atoms with Gasteiger partial charge < -0.3 is 34.7 Å². The molecule has 0 radical (unpaired) electrons. The summed E-state index contributed by atoms with van der Waals surface area (Å²) in [6.45, 7) is 1.74. The Balaban J connectivity index is 1.56. The van der Waals surface area contributed by atoms with Crippen molar-refractivity contribution in [1.82, 2.24) is 10.6 Å². The topological polar surface area (TPSA) is 81.2 Å². The van der Waals surface area contributed by atoms with Crippen molar-refractivity contribution in [2.75, 3.05) is 26.9 Å². The van der Waals surface area contributed by atoms with Crippen molar-refractivity contribution in [2.45, 2.75) is 43.5 Å². The molecule has 27 heavy (non-hydrogen) atoms. The van der Waals surface area contributed by atoms with Gasteiger partial charge in [-0.25, -0.2) is 0 Å². The van der Waals surface area contributed by atoms with Crippen LogP contribution in [-0.4, -0.2) is 68.9 Å². The Hall–Kier alpha value is -1.43. The maximum absolute atomic E-state index is 12.2. The van der Waals surface area contributed by atoms with Crippen molar-refractivity contribution < 1.29 is 37.2 Å². The standard InChI is InChI=1S/C17H23F3N2O5/c1-24-7-6-21-14-15(23)13(12-9-25-16(14)26-12)22-8-10-2-4-11(5-3-10)27-17(18,19)20/h2-5,12-16,21-23H,6-9H2,1H3/t12-,13+,14-,15-,16+/m0/s1. The first-order valence-electron chi connectivity index (χ1n) is 8.63. The maximum atomic E-state index is 12.2. The van der Waals surface area contributed by atoms with Gasteiger partial charge in [-0.3, -0.25) is 0 Å². The van der Waals surface area contributed by atoms with E-state index in [4.69, 9.17) is 14.2 Å². The molecule has 0 aromatic heterocycles. The van der Waals surface area contributed by atoms with Gasteiger partial charge in [-0.1, -0.05) is 12.1 Å². The van der Waals surface area contributed by atoms with Gasteiger partial charge in [-0.05, 0) is 17.7 Å². The summed E-state index contributed by atoms with van der Waals surface area (Å²) in [5, 5.41) is 17.1. The second-order valence-electron chi connectivity index (χ2n) is 6.44. The molecule has 0 amide bonds. The van der Waals surface area contributed by atoms with E-state index in [1.807, 2.05) is 0 Å². The number of fused-ring (bicyclic) bond motifs is 2. The van der Waals surface area contributed by atoms with E-state index in [2.05, 4.69) is 15.4 Å². The lowest BCUT2D eigenvalue weighted by Crippen LogP contribution is -2.63. The quantitative estimate of drug-likeness (QED) is 0.564. The summed E-state index contributed by atoms with van der Waals surface area (Å²) in [6.07, 6.45) is -6.27. The van der Waals surface area contributed by atoms with Crippen LogP contribution in [0.4, 0.5) is 13.2 Å². The summed E-state index contributed by atoms with van der Waals surface area (Å²) in [4.78, 5) is 0. The molecule has 0 saturated carbocycles. The molecule has 1 aromatic rings. The molecular formula is C17H23F3N2O5.